The van der Waals surface area contributed by atoms with E-state index < -0.39 is 0 Å². The number of benzene rings is 4. The van der Waals surface area contributed by atoms with Crippen LogP contribution in [-0.2, 0) is 0 Å². The molecule has 0 fully saturated rings. The largest absolute Gasteiger partial charge is 0.399 e. The van der Waals surface area contributed by atoms with E-state index in [-0.39, 0.29) is 0 Å². The number of nitrogens with two attached hydrogens (primary N) is 1. The Morgan fingerprint density at radius 2 is 1.35 bits per heavy atom. The summed E-state index contributed by atoms with van der Waals surface area (Å²) in [6.45, 7) is 4.31. The van der Waals surface area contributed by atoms with Crippen molar-refractivity contribution in [1.29, 1.82) is 0 Å². The minimum atomic E-state index is 0.769. The molecule has 0 aliphatic carbocycles. The first-order valence-electron chi connectivity index (χ1n) is 7.69. The van der Waals surface area contributed by atoms with E-state index in [1.165, 1.54) is 21.5 Å². The summed E-state index contributed by atoms with van der Waals surface area (Å²) in [7, 11) is 0. The summed E-state index contributed by atoms with van der Waals surface area (Å²) in [5, 5.41) is 4.97. The predicted octanol–water partition coefficient (Wildman–Crippen LogP) is 5.64. The van der Waals surface area contributed by atoms with E-state index in [9.17, 15) is 0 Å². The zero-order valence-electron chi connectivity index (χ0n) is 12.8. The lowest BCUT2D eigenvalue weighted by Gasteiger charge is -2.11. The summed E-state index contributed by atoms with van der Waals surface area (Å²) in [5.41, 5.74) is 9.84. The summed E-state index contributed by atoms with van der Waals surface area (Å²) in [6.07, 6.45) is 0. The molecule has 0 saturated carbocycles. The molecule has 4 aromatic rings. The Labute approximate surface area is 135 Å². The van der Waals surface area contributed by atoms with Crippen molar-refractivity contribution in [1.82, 2.24) is 0 Å². The van der Waals surface area contributed by atoms with Crippen LogP contribution in [0.4, 0.5) is 5.69 Å². The van der Waals surface area contributed by atoms with Gasteiger partial charge in [-0.05, 0) is 62.5 Å². The molecular formula is C22H17N. The van der Waals surface area contributed by atoms with E-state index in [1.54, 1.807) is 0 Å². The van der Waals surface area contributed by atoms with Gasteiger partial charge in [-0.1, -0.05) is 61.2 Å². The van der Waals surface area contributed by atoms with E-state index in [2.05, 4.69) is 61.2 Å². The van der Waals surface area contributed by atoms with Crippen molar-refractivity contribution in [2.24, 2.45) is 0 Å². The van der Waals surface area contributed by atoms with Crippen molar-refractivity contribution in [3.63, 3.8) is 0 Å². The van der Waals surface area contributed by atoms with E-state index in [0.717, 1.165) is 22.4 Å². The molecule has 0 aliphatic heterocycles. The number of anilines is 1. The number of nitrogen functional groups attached to an aromatic ring is 1. The Balaban J connectivity index is 1.94. The monoisotopic (exact) mass is 295 g/mol. The van der Waals surface area contributed by atoms with Gasteiger partial charge in [0.05, 0.1) is 0 Å². The fourth-order valence-electron chi connectivity index (χ4n) is 3.07. The molecule has 23 heavy (non-hydrogen) atoms. The van der Waals surface area contributed by atoms with Crippen LogP contribution in [0.15, 0.2) is 85.4 Å². The highest BCUT2D eigenvalue weighted by Crippen LogP contribution is 2.31. The van der Waals surface area contributed by atoms with Gasteiger partial charge in [0.2, 0.25) is 0 Å². The predicted molar refractivity (Wildman–Crippen MR) is 100 cm³/mol. The molecule has 110 valence electrons. The normalized spacial score (nSPS) is 11.0. The lowest BCUT2D eigenvalue weighted by molar-refractivity contribution is 1.58. The van der Waals surface area contributed by atoms with Crippen LogP contribution < -0.4 is 5.73 Å². The third-order valence-electron chi connectivity index (χ3n) is 4.33. The summed E-state index contributed by atoms with van der Waals surface area (Å²) in [4.78, 5) is 0. The lowest BCUT2D eigenvalue weighted by atomic mass is 9.93. The summed E-state index contributed by atoms with van der Waals surface area (Å²) in [6, 6.07) is 27.2. The number of hydrogen-bond donors (Lipinski definition) is 1. The molecule has 0 bridgehead atoms. The molecule has 0 atom stereocenters. The molecule has 0 heterocycles. The maximum Gasteiger partial charge on any atom is 0.0314 e. The Morgan fingerprint density at radius 3 is 2.09 bits per heavy atom. The maximum absolute atomic E-state index is 5.79. The Kier molecular flexibility index (Phi) is 3.13. The van der Waals surface area contributed by atoms with Gasteiger partial charge in [0.15, 0.2) is 0 Å². The van der Waals surface area contributed by atoms with Gasteiger partial charge in [0.1, 0.15) is 0 Å². The Hall–Kier alpha value is -3.06. The van der Waals surface area contributed by atoms with Crippen molar-refractivity contribution in [3.05, 3.63) is 96.6 Å². The van der Waals surface area contributed by atoms with Crippen molar-refractivity contribution in [3.8, 4) is 0 Å². The van der Waals surface area contributed by atoms with E-state index in [1.807, 2.05) is 24.3 Å². The Morgan fingerprint density at radius 1 is 0.696 bits per heavy atom. The minimum absolute atomic E-state index is 0.769. The number of fused-ring (bicyclic) bond motifs is 2. The van der Waals surface area contributed by atoms with Gasteiger partial charge in [-0.2, -0.15) is 0 Å². The van der Waals surface area contributed by atoms with Gasteiger partial charge < -0.3 is 5.73 Å². The highest BCUT2D eigenvalue weighted by molar-refractivity contribution is 6.04. The third-order valence-corrected chi connectivity index (χ3v) is 4.33. The molecule has 4 aromatic carbocycles. The van der Waals surface area contributed by atoms with E-state index in [4.69, 9.17) is 5.73 Å². The molecule has 0 amide bonds. The van der Waals surface area contributed by atoms with Crippen molar-refractivity contribution in [2.75, 3.05) is 5.73 Å². The van der Waals surface area contributed by atoms with E-state index >= 15 is 0 Å². The smallest absolute Gasteiger partial charge is 0.0314 e. The molecule has 0 unspecified atom stereocenters. The van der Waals surface area contributed by atoms with E-state index in [0.29, 0.717) is 0 Å². The highest BCUT2D eigenvalue weighted by atomic mass is 14.5. The van der Waals surface area contributed by atoms with Crippen LogP contribution in [0.1, 0.15) is 11.1 Å². The second-order valence-corrected chi connectivity index (χ2v) is 5.83. The fourth-order valence-corrected chi connectivity index (χ4v) is 3.07. The number of rotatable bonds is 2. The first kappa shape index (κ1) is 13.6. The van der Waals surface area contributed by atoms with Crippen LogP contribution in [-0.4, -0.2) is 0 Å². The first-order valence-corrected chi connectivity index (χ1v) is 7.69. The summed E-state index contributed by atoms with van der Waals surface area (Å²) >= 11 is 0. The van der Waals surface area contributed by atoms with Crippen LogP contribution >= 0.6 is 0 Å². The van der Waals surface area contributed by atoms with Crippen LogP contribution in [0.5, 0.6) is 0 Å². The lowest BCUT2D eigenvalue weighted by Crippen LogP contribution is -1.90. The quantitative estimate of drug-likeness (QED) is 0.376. The average Bonchev–Trinajstić information content (AvgIpc) is 2.59. The molecule has 0 aromatic heterocycles. The minimum Gasteiger partial charge on any atom is -0.399 e. The molecule has 1 heteroatoms. The van der Waals surface area contributed by atoms with Gasteiger partial charge in [0.25, 0.3) is 0 Å². The third kappa shape index (κ3) is 2.36. The van der Waals surface area contributed by atoms with Crippen molar-refractivity contribution in [2.45, 2.75) is 0 Å². The van der Waals surface area contributed by atoms with Crippen LogP contribution in [0, 0.1) is 0 Å². The molecule has 4 rings (SSSR count). The molecule has 0 radical (unpaired) electrons. The molecular weight excluding hydrogens is 278 g/mol. The van der Waals surface area contributed by atoms with Gasteiger partial charge in [-0.3, -0.25) is 0 Å². The molecule has 0 spiro atoms. The number of hydrogen-bond acceptors (Lipinski definition) is 1. The molecule has 0 aliphatic rings. The topological polar surface area (TPSA) is 26.0 Å². The second-order valence-electron chi connectivity index (χ2n) is 5.83. The molecule has 1 nitrogen and oxygen atoms in total. The summed E-state index contributed by atoms with van der Waals surface area (Å²) < 4.78 is 0. The zero-order chi connectivity index (χ0) is 15.8. The zero-order valence-corrected chi connectivity index (χ0v) is 12.8. The SMILES string of the molecule is C=C(c1ccc(N)cc1)c1cccc2cc3ccccc3cc12. The first-order chi connectivity index (χ1) is 11.2. The van der Waals surface area contributed by atoms with Gasteiger partial charge >= 0.3 is 0 Å². The van der Waals surface area contributed by atoms with Crippen LogP contribution in [0.2, 0.25) is 0 Å². The second kappa shape index (κ2) is 5.29. The standard InChI is InChI=1S/C22H17N/c1-15(16-9-11-20(23)12-10-16)21-8-4-7-19-13-17-5-2-3-6-18(17)14-22(19)21/h2-14H,1,23H2. The average molecular weight is 295 g/mol. The van der Waals surface area contributed by atoms with Crippen molar-refractivity contribution >= 4 is 32.8 Å². The fraction of sp³-hybridized carbons (Fsp3) is 0. The molecule has 2 N–H and O–H groups in total. The molecule has 0 saturated heterocycles. The summed E-state index contributed by atoms with van der Waals surface area (Å²) in [5.74, 6) is 0. The van der Waals surface area contributed by atoms with Gasteiger partial charge in [-0.25, -0.2) is 0 Å². The van der Waals surface area contributed by atoms with Crippen molar-refractivity contribution < 1.29 is 0 Å². The highest BCUT2D eigenvalue weighted by Gasteiger charge is 2.08. The van der Waals surface area contributed by atoms with Crippen LogP contribution in [0.3, 0.4) is 0 Å². The van der Waals surface area contributed by atoms with Gasteiger partial charge in [-0.15, -0.1) is 0 Å². The van der Waals surface area contributed by atoms with Crippen LogP contribution in [0.25, 0.3) is 27.1 Å². The Bertz CT molecular complexity index is 1030. The van der Waals surface area contributed by atoms with Gasteiger partial charge in [0, 0.05) is 5.69 Å². The maximum atomic E-state index is 5.79.